The molecule has 1 rings (SSSR count). The van der Waals surface area contributed by atoms with Crippen LogP contribution < -0.4 is 4.74 Å². The number of ether oxygens (including phenoxy) is 1. The molecule has 1 aromatic rings. The van der Waals surface area contributed by atoms with E-state index in [4.69, 9.17) is 4.74 Å². The maximum absolute atomic E-state index is 10.6. The van der Waals surface area contributed by atoms with Gasteiger partial charge in [0.05, 0.1) is 7.11 Å². The lowest BCUT2D eigenvalue weighted by Crippen LogP contribution is -1.89. The summed E-state index contributed by atoms with van der Waals surface area (Å²) in [7, 11) is 1.42. The summed E-state index contributed by atoms with van der Waals surface area (Å²) in [6.45, 7) is 0. The van der Waals surface area contributed by atoms with Gasteiger partial charge in [-0.05, 0) is 12.1 Å². The number of hydrogen-bond donors (Lipinski definition) is 0. The smallest absolute Gasteiger partial charge is 0.363 e. The molecule has 0 saturated carbocycles. The van der Waals surface area contributed by atoms with Crippen molar-refractivity contribution in [3.63, 3.8) is 0 Å². The SMILES string of the molecule is COc1cccnc1I(=O)=O. The molecule has 0 unspecified atom stereocenters. The van der Waals surface area contributed by atoms with E-state index in [1.165, 1.54) is 13.3 Å². The van der Waals surface area contributed by atoms with E-state index in [-0.39, 0.29) is 3.70 Å². The Hall–Kier alpha value is -0.720. The minimum Gasteiger partial charge on any atom is -0.494 e. The van der Waals surface area contributed by atoms with Gasteiger partial charge in [-0.15, -0.1) is 0 Å². The fraction of sp³-hybridized carbons (Fsp3) is 0.167. The normalized spacial score (nSPS) is 10.0. The number of halogens is 1. The van der Waals surface area contributed by atoms with Gasteiger partial charge in [0.25, 0.3) is 0 Å². The molecule has 0 spiro atoms. The van der Waals surface area contributed by atoms with Crippen molar-refractivity contribution < 1.29 is 10.9 Å². The van der Waals surface area contributed by atoms with Crippen molar-refractivity contribution >= 4 is 19.8 Å². The second kappa shape index (κ2) is 3.61. The third-order valence-corrected chi connectivity index (χ3v) is 2.74. The first-order valence-electron chi connectivity index (χ1n) is 2.80. The Morgan fingerprint density at radius 2 is 2.27 bits per heavy atom. The Labute approximate surface area is 70.7 Å². The second-order valence-corrected chi connectivity index (χ2v) is 3.98. The van der Waals surface area contributed by atoms with Gasteiger partial charge < -0.3 is 4.74 Å². The zero-order valence-electron chi connectivity index (χ0n) is 5.78. The van der Waals surface area contributed by atoms with E-state index in [0.29, 0.717) is 5.75 Å². The van der Waals surface area contributed by atoms with E-state index >= 15 is 0 Å². The van der Waals surface area contributed by atoms with Gasteiger partial charge in [0.2, 0.25) is 3.70 Å². The van der Waals surface area contributed by atoms with Crippen LogP contribution in [0.25, 0.3) is 0 Å². The lowest BCUT2D eigenvalue weighted by Gasteiger charge is -1.97. The van der Waals surface area contributed by atoms with Gasteiger partial charge in [0.1, 0.15) is 0 Å². The van der Waals surface area contributed by atoms with Gasteiger partial charge in [-0.2, -0.15) is 0 Å². The largest absolute Gasteiger partial charge is 0.494 e. The highest BCUT2D eigenvalue weighted by molar-refractivity contribution is 14.2. The Bertz CT molecular complexity index is 313. The van der Waals surface area contributed by atoms with E-state index in [9.17, 15) is 6.14 Å². The van der Waals surface area contributed by atoms with E-state index in [2.05, 4.69) is 4.98 Å². The number of nitrogens with zero attached hydrogens (tertiary/aromatic N) is 1. The molecule has 1 aromatic heterocycles. The van der Waals surface area contributed by atoms with Crippen LogP contribution in [0.5, 0.6) is 5.75 Å². The standard InChI is InChI=1S/C6H6INO3/c1-11-5-3-2-4-8-6(5)7(9)10/h2-4H,1H3. The molecule has 0 aliphatic rings. The molecular formula is C6H6INO3. The molecule has 0 N–H and O–H groups in total. The number of rotatable bonds is 2. The van der Waals surface area contributed by atoms with Crippen LogP contribution in [0.1, 0.15) is 0 Å². The van der Waals surface area contributed by atoms with E-state index < -0.39 is 19.8 Å². The van der Waals surface area contributed by atoms with E-state index in [1.54, 1.807) is 12.1 Å². The predicted molar refractivity (Wildman–Crippen MR) is 44.9 cm³/mol. The maximum Gasteiger partial charge on any atom is 0.363 e. The molecule has 0 amide bonds. The summed E-state index contributed by atoms with van der Waals surface area (Å²) >= 11 is -3.48. The summed E-state index contributed by atoms with van der Waals surface area (Å²) in [6, 6.07) is 3.20. The zero-order chi connectivity index (χ0) is 8.27. The summed E-state index contributed by atoms with van der Waals surface area (Å²) in [5.74, 6) is 0.322. The lowest BCUT2D eigenvalue weighted by molar-refractivity contribution is 0.409. The van der Waals surface area contributed by atoms with E-state index in [0.717, 1.165) is 0 Å². The van der Waals surface area contributed by atoms with Gasteiger partial charge in [0, 0.05) is 6.20 Å². The van der Waals surface area contributed by atoms with Crippen LogP contribution in [0.15, 0.2) is 18.3 Å². The maximum atomic E-state index is 10.6. The molecule has 0 saturated heterocycles. The van der Waals surface area contributed by atoms with Crippen molar-refractivity contribution in [3.05, 3.63) is 22.0 Å². The second-order valence-electron chi connectivity index (χ2n) is 1.71. The van der Waals surface area contributed by atoms with Gasteiger partial charge in [-0.3, -0.25) is 0 Å². The summed E-state index contributed by atoms with van der Waals surface area (Å²) in [5, 5.41) is 0. The fourth-order valence-corrected chi connectivity index (χ4v) is 1.86. The fourth-order valence-electron chi connectivity index (χ4n) is 0.639. The molecule has 1 heterocycles. The van der Waals surface area contributed by atoms with Crippen molar-refractivity contribution in [1.29, 1.82) is 0 Å². The first-order chi connectivity index (χ1) is 5.25. The Kier molecular flexibility index (Phi) is 2.75. The highest BCUT2D eigenvalue weighted by Gasteiger charge is 2.06. The van der Waals surface area contributed by atoms with Gasteiger partial charge >= 0.3 is 19.8 Å². The minimum atomic E-state index is -3.48. The molecule has 5 heteroatoms. The Balaban J connectivity index is 3.23. The van der Waals surface area contributed by atoms with Crippen LogP contribution in [-0.2, 0) is 6.14 Å². The van der Waals surface area contributed by atoms with Crippen LogP contribution in [0, 0.1) is 3.70 Å². The molecule has 0 fully saturated rings. The van der Waals surface area contributed by atoms with Crippen LogP contribution in [-0.4, -0.2) is 12.1 Å². The highest BCUT2D eigenvalue weighted by atomic mass is 127. The van der Waals surface area contributed by atoms with Crippen molar-refractivity contribution in [2.24, 2.45) is 0 Å². The minimum absolute atomic E-state index is 0.0687. The molecule has 0 aliphatic heterocycles. The molecule has 4 nitrogen and oxygen atoms in total. The van der Waals surface area contributed by atoms with Crippen molar-refractivity contribution in [2.75, 3.05) is 7.11 Å². The van der Waals surface area contributed by atoms with Gasteiger partial charge in [-0.25, -0.2) is 11.1 Å². The van der Waals surface area contributed by atoms with Crippen LogP contribution in [0.4, 0.5) is 0 Å². The Morgan fingerprint density at radius 3 is 2.73 bits per heavy atom. The molecule has 60 valence electrons. The topological polar surface area (TPSA) is 56.3 Å². The van der Waals surface area contributed by atoms with Crippen molar-refractivity contribution in [2.45, 2.75) is 0 Å². The average molecular weight is 267 g/mol. The number of aromatic nitrogens is 1. The summed E-state index contributed by atoms with van der Waals surface area (Å²) in [6.07, 6.45) is 1.43. The van der Waals surface area contributed by atoms with Crippen LogP contribution >= 0.6 is 19.8 Å². The van der Waals surface area contributed by atoms with Crippen LogP contribution in [0.3, 0.4) is 0 Å². The van der Waals surface area contributed by atoms with Crippen molar-refractivity contribution in [3.8, 4) is 5.75 Å². The van der Waals surface area contributed by atoms with E-state index in [1.807, 2.05) is 0 Å². The molecule has 0 bridgehead atoms. The van der Waals surface area contributed by atoms with Crippen LogP contribution in [0.2, 0.25) is 0 Å². The quantitative estimate of drug-likeness (QED) is 0.601. The Morgan fingerprint density at radius 1 is 1.55 bits per heavy atom. The first-order valence-corrected chi connectivity index (χ1v) is 5.64. The van der Waals surface area contributed by atoms with Gasteiger partial charge in [-0.1, -0.05) is 0 Å². The average Bonchev–Trinajstić information content (AvgIpc) is 2.04. The third-order valence-electron chi connectivity index (χ3n) is 1.09. The summed E-state index contributed by atoms with van der Waals surface area (Å²) < 4.78 is 26.0. The number of pyridine rings is 1. The lowest BCUT2D eigenvalue weighted by atomic mass is 10.5. The molecule has 0 radical (unpaired) electrons. The van der Waals surface area contributed by atoms with Gasteiger partial charge in [0.15, 0.2) is 5.75 Å². The monoisotopic (exact) mass is 267 g/mol. The van der Waals surface area contributed by atoms with Crippen molar-refractivity contribution in [1.82, 2.24) is 4.98 Å². The molecule has 0 atom stereocenters. The first kappa shape index (κ1) is 8.38. The summed E-state index contributed by atoms with van der Waals surface area (Å²) in [4.78, 5) is 3.67. The number of hydrogen-bond acceptors (Lipinski definition) is 4. The zero-order valence-corrected chi connectivity index (χ0v) is 7.94. The third kappa shape index (κ3) is 1.86. The number of methoxy groups -OCH3 is 1. The summed E-state index contributed by atoms with van der Waals surface area (Å²) in [5.41, 5.74) is 0. The molecule has 0 aliphatic carbocycles. The molecule has 0 aromatic carbocycles. The predicted octanol–water partition coefficient (Wildman–Crippen LogP) is 1.46. The molecule has 11 heavy (non-hydrogen) atoms. The molecular weight excluding hydrogens is 261 g/mol. The highest BCUT2D eigenvalue weighted by Crippen LogP contribution is 2.24.